The molecule has 5 atom stereocenters. The molecule has 1 N–H and O–H groups in total. The van der Waals surface area contributed by atoms with E-state index >= 15 is 0 Å². The Balaban J connectivity index is 1.66. The minimum Gasteiger partial charge on any atom is -0.477 e. The zero-order valence-electron chi connectivity index (χ0n) is 25.9. The number of hydrogen-bond donors (Lipinski definition) is 1. The average Bonchev–Trinajstić information content (AvgIpc) is 3.68. The van der Waals surface area contributed by atoms with Crippen molar-refractivity contribution >= 4 is 28.3 Å². The molecule has 0 bridgehead atoms. The number of hydrogen-bond acceptors (Lipinski definition) is 8. The van der Waals surface area contributed by atoms with E-state index in [1.807, 2.05) is 18.2 Å². The molecular formula is C35H43N5O3. The molecule has 5 unspecified atom stereocenters. The number of allylic oxidation sites excluding steroid dienone is 1. The van der Waals surface area contributed by atoms with E-state index in [-0.39, 0.29) is 17.4 Å². The molecule has 1 saturated carbocycles. The van der Waals surface area contributed by atoms with Crippen LogP contribution in [0, 0.1) is 51.7 Å². The molecule has 1 aromatic heterocycles. The van der Waals surface area contributed by atoms with Crippen LogP contribution in [-0.4, -0.2) is 30.1 Å². The third kappa shape index (κ3) is 6.49. The normalized spacial score (nSPS) is 22.0. The van der Waals surface area contributed by atoms with Gasteiger partial charge in [-0.2, -0.15) is 10.5 Å². The average molecular weight is 582 g/mol. The van der Waals surface area contributed by atoms with Crippen LogP contribution in [0.4, 0.5) is 0 Å². The highest BCUT2D eigenvalue weighted by Gasteiger charge is 2.70. The van der Waals surface area contributed by atoms with Crippen LogP contribution in [0.3, 0.4) is 0 Å². The first-order chi connectivity index (χ1) is 20.9. The molecule has 2 aromatic rings. The number of ether oxygens (including phenoxy) is 2. The van der Waals surface area contributed by atoms with Gasteiger partial charge in [0.05, 0.1) is 42.0 Å². The van der Waals surface area contributed by atoms with E-state index in [1.54, 1.807) is 18.5 Å². The first-order valence-electron chi connectivity index (χ1n) is 15.8. The van der Waals surface area contributed by atoms with Crippen molar-refractivity contribution in [2.45, 2.75) is 84.5 Å². The summed E-state index contributed by atoms with van der Waals surface area (Å²) in [6, 6.07) is 9.94. The SMILES string of the molecule is CCCCC(CC)COC(=N)/C(C#N)=c1\ccnc2cc3c(cc12)=NC=CC31C(C#N)C1C(=O)OCC(CC)CCCC. The molecule has 8 nitrogen and oxygen atoms in total. The van der Waals surface area contributed by atoms with E-state index in [9.17, 15) is 15.3 Å². The minimum absolute atomic E-state index is 0.134. The van der Waals surface area contributed by atoms with Crippen molar-refractivity contribution in [2.24, 2.45) is 28.7 Å². The quantitative estimate of drug-likeness (QED) is 0.164. The third-order valence-corrected chi connectivity index (χ3v) is 9.16. The summed E-state index contributed by atoms with van der Waals surface area (Å²) >= 11 is 0. The predicted molar refractivity (Wildman–Crippen MR) is 166 cm³/mol. The standard InChI is InChI=1S/C35H43N5O3/c1-5-9-11-23(7-3)21-42-33(38)27(19-36)25-13-15-39-30-18-28-31(17-26(25)30)40-16-14-35(28)29(20-37)32(35)34(41)43-22-24(8-4)12-10-6-2/h13-18,23-24,29,32,38H,5-12,21-22H2,1-4H3/b27-25+,38-33?. The number of nitrogens with zero attached hydrogens (tertiary/aromatic N) is 4. The maximum atomic E-state index is 13.3. The molecule has 2 aliphatic rings. The van der Waals surface area contributed by atoms with Gasteiger partial charge in [-0.15, -0.1) is 0 Å². The number of unbranched alkanes of at least 4 members (excludes halogenated alkanes) is 2. The zero-order valence-corrected chi connectivity index (χ0v) is 25.9. The topological polar surface area (TPSA) is 132 Å². The molecule has 1 aliphatic heterocycles. The van der Waals surface area contributed by atoms with Crippen LogP contribution in [0.2, 0.25) is 0 Å². The van der Waals surface area contributed by atoms with Gasteiger partial charge in [0, 0.05) is 28.4 Å². The lowest BCUT2D eigenvalue weighted by atomic mass is 9.88. The second kappa shape index (κ2) is 14.4. The van der Waals surface area contributed by atoms with Gasteiger partial charge in [-0.1, -0.05) is 72.3 Å². The van der Waals surface area contributed by atoms with Crippen molar-refractivity contribution in [1.29, 1.82) is 15.9 Å². The molecule has 0 radical (unpaired) electrons. The number of esters is 1. The predicted octanol–water partition coefficient (Wildman–Crippen LogP) is 6.03. The maximum Gasteiger partial charge on any atom is 0.311 e. The van der Waals surface area contributed by atoms with E-state index < -0.39 is 17.3 Å². The van der Waals surface area contributed by atoms with E-state index in [4.69, 9.17) is 14.9 Å². The van der Waals surface area contributed by atoms with Crippen LogP contribution in [0.15, 0.2) is 41.7 Å². The van der Waals surface area contributed by atoms with Crippen LogP contribution in [0.5, 0.6) is 0 Å². The molecule has 1 aliphatic carbocycles. The first kappa shape index (κ1) is 31.9. The smallest absolute Gasteiger partial charge is 0.311 e. The Labute approximate surface area is 254 Å². The molecule has 0 saturated heterocycles. The molecule has 2 heterocycles. The number of nitriles is 2. The van der Waals surface area contributed by atoms with E-state index in [1.165, 1.54) is 0 Å². The highest BCUT2D eigenvalue weighted by atomic mass is 16.5. The zero-order chi connectivity index (χ0) is 31.0. The monoisotopic (exact) mass is 581 g/mol. The number of carbonyl (C=O) groups is 1. The largest absolute Gasteiger partial charge is 0.477 e. The minimum atomic E-state index is -0.828. The molecule has 1 spiro atoms. The van der Waals surface area contributed by atoms with Gasteiger partial charge in [0.1, 0.15) is 11.6 Å². The summed E-state index contributed by atoms with van der Waals surface area (Å²) in [6.07, 6.45) is 13.4. The third-order valence-electron chi connectivity index (χ3n) is 9.16. The number of pyridine rings is 1. The van der Waals surface area contributed by atoms with E-state index in [0.717, 1.165) is 56.9 Å². The van der Waals surface area contributed by atoms with Crippen molar-refractivity contribution in [1.82, 2.24) is 4.98 Å². The van der Waals surface area contributed by atoms with E-state index in [0.29, 0.717) is 46.5 Å². The van der Waals surface area contributed by atoms with Gasteiger partial charge in [0.25, 0.3) is 0 Å². The van der Waals surface area contributed by atoms with Crippen LogP contribution < -0.4 is 10.6 Å². The number of aromatic nitrogens is 1. The fraction of sp³-hybridized carbons (Fsp3) is 0.543. The number of nitrogens with one attached hydrogen (secondary N) is 1. The summed E-state index contributed by atoms with van der Waals surface area (Å²) in [7, 11) is 0. The Bertz CT molecular complexity index is 1580. The molecule has 1 fully saturated rings. The van der Waals surface area contributed by atoms with Crippen LogP contribution in [-0.2, 0) is 19.7 Å². The Morgan fingerprint density at radius 3 is 2.33 bits per heavy atom. The Morgan fingerprint density at radius 2 is 1.72 bits per heavy atom. The van der Waals surface area contributed by atoms with Crippen LogP contribution in [0.1, 0.15) is 84.6 Å². The fourth-order valence-electron chi connectivity index (χ4n) is 6.24. The van der Waals surface area contributed by atoms with Crippen molar-refractivity contribution in [2.75, 3.05) is 13.2 Å². The van der Waals surface area contributed by atoms with Gasteiger partial charge in [-0.25, -0.2) is 0 Å². The second-order valence-corrected chi connectivity index (χ2v) is 11.8. The summed E-state index contributed by atoms with van der Waals surface area (Å²) in [5, 5.41) is 30.5. The van der Waals surface area contributed by atoms with Gasteiger partial charge >= 0.3 is 5.97 Å². The number of carbonyl (C=O) groups excluding carboxylic acids is 1. The van der Waals surface area contributed by atoms with Crippen LogP contribution >= 0.6 is 0 Å². The summed E-state index contributed by atoms with van der Waals surface area (Å²) in [6.45, 7) is 9.28. The van der Waals surface area contributed by atoms with Gasteiger partial charge in [-0.05, 0) is 48.4 Å². The van der Waals surface area contributed by atoms with Crippen molar-refractivity contribution in [3.8, 4) is 12.1 Å². The first-order valence-corrected chi connectivity index (χ1v) is 15.8. The van der Waals surface area contributed by atoms with Crippen LogP contribution in [0.25, 0.3) is 16.5 Å². The summed E-state index contributed by atoms with van der Waals surface area (Å²) in [5.74, 6) is -1.05. The van der Waals surface area contributed by atoms with Crippen molar-refractivity contribution < 1.29 is 14.3 Å². The van der Waals surface area contributed by atoms with Gasteiger partial charge in [0.2, 0.25) is 5.90 Å². The van der Waals surface area contributed by atoms with Crippen molar-refractivity contribution in [3.63, 3.8) is 0 Å². The summed E-state index contributed by atoms with van der Waals surface area (Å²) < 4.78 is 11.6. The molecule has 4 rings (SSSR count). The summed E-state index contributed by atoms with van der Waals surface area (Å²) in [4.78, 5) is 22.5. The Morgan fingerprint density at radius 1 is 1.05 bits per heavy atom. The highest BCUT2D eigenvalue weighted by molar-refractivity contribution is 6.18. The number of rotatable bonds is 14. The van der Waals surface area contributed by atoms with Gasteiger partial charge < -0.3 is 9.47 Å². The molecule has 226 valence electrons. The molecular weight excluding hydrogens is 538 g/mol. The fourth-order valence-corrected chi connectivity index (χ4v) is 6.24. The Kier molecular flexibility index (Phi) is 10.7. The number of benzene rings is 1. The van der Waals surface area contributed by atoms with Gasteiger partial charge in [-0.3, -0.25) is 20.2 Å². The van der Waals surface area contributed by atoms with E-state index in [2.05, 4.69) is 49.8 Å². The second-order valence-electron chi connectivity index (χ2n) is 11.8. The maximum absolute atomic E-state index is 13.3. The molecule has 1 aromatic carbocycles. The lowest BCUT2D eigenvalue weighted by Gasteiger charge is -2.18. The lowest BCUT2D eigenvalue weighted by molar-refractivity contribution is -0.147. The number of fused-ring (bicyclic) bond motifs is 3. The highest BCUT2D eigenvalue weighted by Crippen LogP contribution is 2.61. The molecule has 43 heavy (non-hydrogen) atoms. The summed E-state index contributed by atoms with van der Waals surface area (Å²) in [5.41, 5.74) is 0.656. The lowest BCUT2D eigenvalue weighted by Crippen LogP contribution is -2.27. The molecule has 0 amide bonds. The van der Waals surface area contributed by atoms with Crippen molar-refractivity contribution in [3.05, 3.63) is 52.8 Å². The van der Waals surface area contributed by atoms with Gasteiger partial charge in [0.15, 0.2) is 0 Å². The molecule has 8 heteroatoms. The Hall–Kier alpha value is -4.04.